The number of para-hydroxylation sites is 2. The quantitative estimate of drug-likeness (QED) is 0.714. The maximum Gasteiger partial charge on any atom is 0.247 e. The lowest BCUT2D eigenvalue weighted by Crippen LogP contribution is -2.51. The van der Waals surface area contributed by atoms with Crippen molar-refractivity contribution in [1.29, 1.82) is 0 Å². The van der Waals surface area contributed by atoms with Gasteiger partial charge in [0.25, 0.3) is 0 Å². The smallest absolute Gasteiger partial charge is 0.247 e. The van der Waals surface area contributed by atoms with Crippen molar-refractivity contribution in [3.8, 4) is 0 Å². The summed E-state index contributed by atoms with van der Waals surface area (Å²) in [4.78, 5) is 44.4. The molecule has 2 aromatic rings. The average molecular weight is 458 g/mol. The van der Waals surface area contributed by atoms with Gasteiger partial charge in [-0.15, -0.1) is 0 Å². The summed E-state index contributed by atoms with van der Waals surface area (Å²) in [5.41, 5.74) is 3.63. The van der Waals surface area contributed by atoms with Crippen LogP contribution in [0.4, 0.5) is 11.4 Å². The fraction of sp³-hybridized carbons (Fsp3) is 0.370. The van der Waals surface area contributed by atoms with Gasteiger partial charge in [0.05, 0.1) is 30.5 Å². The van der Waals surface area contributed by atoms with Gasteiger partial charge in [-0.2, -0.15) is 0 Å². The second-order valence-corrected chi connectivity index (χ2v) is 9.54. The van der Waals surface area contributed by atoms with E-state index in [1.54, 1.807) is 0 Å². The molecule has 0 aromatic heterocycles. The number of rotatable bonds is 4. The molecule has 0 radical (unpaired) electrons. The zero-order valence-electron chi connectivity index (χ0n) is 19.0. The summed E-state index contributed by atoms with van der Waals surface area (Å²) in [6.45, 7) is 2.95. The summed E-state index contributed by atoms with van der Waals surface area (Å²) in [5.74, 6) is -2.07. The number of benzene rings is 2. The molecule has 7 nitrogen and oxygen atoms in total. The maximum absolute atomic E-state index is 13.7. The molecule has 34 heavy (non-hydrogen) atoms. The first-order valence-corrected chi connectivity index (χ1v) is 11.9. The van der Waals surface area contributed by atoms with Gasteiger partial charge >= 0.3 is 0 Å². The Labute approximate surface area is 198 Å². The molecule has 174 valence electrons. The van der Waals surface area contributed by atoms with Gasteiger partial charge in [-0.05, 0) is 43.5 Å². The van der Waals surface area contributed by atoms with Crippen molar-refractivity contribution in [3.63, 3.8) is 0 Å². The number of hydrogen-bond acceptors (Lipinski definition) is 5. The monoisotopic (exact) mass is 457 g/mol. The van der Waals surface area contributed by atoms with E-state index in [0.717, 1.165) is 29.7 Å². The molecule has 5 atom stereocenters. The van der Waals surface area contributed by atoms with E-state index in [-0.39, 0.29) is 36.4 Å². The van der Waals surface area contributed by atoms with E-state index < -0.39 is 17.9 Å². The number of amides is 3. The van der Waals surface area contributed by atoms with Crippen molar-refractivity contribution in [2.45, 2.75) is 38.0 Å². The standard InChI is InChI=1S/C27H27N3O4/c1-16-14-21-22-23(27(33)29(26(22)32)15-18-10-7-13-34-18)24(25(31)28-17-8-3-2-4-9-17)30(21)20-12-6-5-11-19(16)20/h2-6,8-9,11-12,14,18,21-24H,7,10,13,15H2,1H3,(H,28,31)/t18-,21+,22+,23-,24-/m0/s1. The number of nitrogens with zero attached hydrogens (tertiary/aromatic N) is 2. The first-order chi connectivity index (χ1) is 16.5. The van der Waals surface area contributed by atoms with Crippen LogP contribution in [-0.4, -0.2) is 54.0 Å². The zero-order valence-corrected chi connectivity index (χ0v) is 19.0. The van der Waals surface area contributed by atoms with Gasteiger partial charge in [-0.3, -0.25) is 19.3 Å². The van der Waals surface area contributed by atoms with E-state index >= 15 is 0 Å². The number of imide groups is 1. The van der Waals surface area contributed by atoms with Crippen LogP contribution in [0.3, 0.4) is 0 Å². The van der Waals surface area contributed by atoms with Crippen LogP contribution in [0.1, 0.15) is 25.3 Å². The highest BCUT2D eigenvalue weighted by Crippen LogP contribution is 2.50. The Morgan fingerprint density at radius 2 is 1.76 bits per heavy atom. The molecular weight excluding hydrogens is 430 g/mol. The van der Waals surface area contributed by atoms with Crippen LogP contribution >= 0.6 is 0 Å². The van der Waals surface area contributed by atoms with E-state index in [9.17, 15) is 14.4 Å². The second kappa shape index (κ2) is 8.09. The van der Waals surface area contributed by atoms with Crippen LogP contribution in [0.5, 0.6) is 0 Å². The lowest BCUT2D eigenvalue weighted by atomic mass is 9.87. The predicted octanol–water partition coefficient (Wildman–Crippen LogP) is 3.08. The third-order valence-corrected chi connectivity index (χ3v) is 7.57. The molecule has 7 heteroatoms. The topological polar surface area (TPSA) is 78.9 Å². The highest BCUT2D eigenvalue weighted by Gasteiger charge is 2.64. The number of carbonyl (C=O) groups excluding carboxylic acids is 3. The number of allylic oxidation sites excluding steroid dienone is 1. The molecule has 2 aromatic carbocycles. The second-order valence-electron chi connectivity index (χ2n) is 9.54. The number of fused-ring (bicyclic) bond motifs is 5. The fourth-order valence-electron chi connectivity index (χ4n) is 6.07. The van der Waals surface area contributed by atoms with Crippen LogP contribution in [0.15, 0.2) is 60.7 Å². The summed E-state index contributed by atoms with van der Waals surface area (Å²) in [5, 5.41) is 2.99. The normalized spacial score (nSPS) is 29.6. The van der Waals surface area contributed by atoms with Gasteiger partial charge in [0, 0.05) is 23.5 Å². The SMILES string of the molecule is CC1=C[C@@H]2[C@H]3C(=O)N(C[C@@H]4CCCO4)C(=O)[C@@H]3[C@@H](C(=O)Nc3ccccc3)N2c2ccccc21. The van der Waals surface area contributed by atoms with Gasteiger partial charge in [-0.1, -0.05) is 42.5 Å². The van der Waals surface area contributed by atoms with Gasteiger partial charge in [0.15, 0.2) is 0 Å². The fourth-order valence-corrected chi connectivity index (χ4v) is 6.07. The lowest BCUT2D eigenvalue weighted by Gasteiger charge is -2.38. The highest BCUT2D eigenvalue weighted by atomic mass is 16.5. The Hall–Kier alpha value is -3.45. The van der Waals surface area contributed by atoms with Crippen molar-refractivity contribution in [3.05, 3.63) is 66.2 Å². The molecule has 0 saturated carbocycles. The van der Waals surface area contributed by atoms with E-state index in [0.29, 0.717) is 12.3 Å². The molecule has 0 unspecified atom stereocenters. The minimum Gasteiger partial charge on any atom is -0.376 e. The molecule has 3 amide bonds. The average Bonchev–Trinajstić information content (AvgIpc) is 3.53. The molecule has 1 N–H and O–H groups in total. The van der Waals surface area contributed by atoms with Gasteiger partial charge in [-0.25, -0.2) is 0 Å². The maximum atomic E-state index is 13.7. The lowest BCUT2D eigenvalue weighted by molar-refractivity contribution is -0.142. The first kappa shape index (κ1) is 21.1. The minimum absolute atomic E-state index is 0.121. The third-order valence-electron chi connectivity index (χ3n) is 7.57. The molecule has 3 saturated heterocycles. The summed E-state index contributed by atoms with van der Waals surface area (Å²) in [6.07, 6.45) is 3.71. The molecule has 6 rings (SSSR count). The molecule has 4 heterocycles. The van der Waals surface area contributed by atoms with Gasteiger partial charge in [0.1, 0.15) is 6.04 Å². The Balaban J connectivity index is 1.41. The van der Waals surface area contributed by atoms with Crippen LogP contribution in [0, 0.1) is 11.8 Å². The molecule has 0 bridgehead atoms. The molecule has 0 spiro atoms. The Bertz CT molecular complexity index is 1190. The summed E-state index contributed by atoms with van der Waals surface area (Å²) < 4.78 is 5.71. The van der Waals surface area contributed by atoms with Crippen LogP contribution in [-0.2, 0) is 19.1 Å². The summed E-state index contributed by atoms with van der Waals surface area (Å²) in [7, 11) is 0. The minimum atomic E-state index is -0.786. The van der Waals surface area contributed by atoms with E-state index in [1.165, 1.54) is 4.90 Å². The van der Waals surface area contributed by atoms with Crippen LogP contribution in [0.2, 0.25) is 0 Å². The van der Waals surface area contributed by atoms with E-state index in [1.807, 2.05) is 66.4 Å². The van der Waals surface area contributed by atoms with E-state index in [2.05, 4.69) is 11.4 Å². The van der Waals surface area contributed by atoms with E-state index in [4.69, 9.17) is 4.74 Å². The van der Waals surface area contributed by atoms with Gasteiger partial charge in [0.2, 0.25) is 17.7 Å². The number of carbonyl (C=O) groups is 3. The third kappa shape index (κ3) is 3.18. The Morgan fingerprint density at radius 1 is 1.03 bits per heavy atom. The molecule has 4 aliphatic heterocycles. The number of ether oxygens (including phenoxy) is 1. The summed E-state index contributed by atoms with van der Waals surface area (Å²) >= 11 is 0. The van der Waals surface area contributed by atoms with Crippen LogP contribution in [0.25, 0.3) is 5.57 Å². The number of likely N-dealkylation sites (tertiary alicyclic amines) is 1. The van der Waals surface area contributed by atoms with Crippen molar-refractivity contribution >= 4 is 34.7 Å². The van der Waals surface area contributed by atoms with Gasteiger partial charge < -0.3 is 15.0 Å². The molecule has 4 aliphatic rings. The Morgan fingerprint density at radius 3 is 2.53 bits per heavy atom. The highest BCUT2D eigenvalue weighted by molar-refractivity contribution is 6.12. The number of nitrogens with one attached hydrogen (secondary N) is 1. The van der Waals surface area contributed by atoms with Crippen LogP contribution < -0.4 is 10.2 Å². The molecule has 3 fully saturated rings. The first-order valence-electron chi connectivity index (χ1n) is 11.9. The molecular formula is C27H27N3O4. The Kier molecular flexibility index (Phi) is 5.03. The predicted molar refractivity (Wildman–Crippen MR) is 128 cm³/mol. The van der Waals surface area contributed by atoms with Crippen molar-refractivity contribution in [2.24, 2.45) is 11.8 Å². The largest absolute Gasteiger partial charge is 0.376 e. The van der Waals surface area contributed by atoms with Crippen molar-refractivity contribution < 1.29 is 19.1 Å². The number of hydrogen-bond donors (Lipinski definition) is 1. The summed E-state index contributed by atoms with van der Waals surface area (Å²) in [6, 6.07) is 16.0. The molecule has 0 aliphatic carbocycles. The van der Waals surface area contributed by atoms with Crippen molar-refractivity contribution in [1.82, 2.24) is 4.90 Å². The zero-order chi connectivity index (χ0) is 23.4. The number of anilines is 2. The van der Waals surface area contributed by atoms with Crippen molar-refractivity contribution in [2.75, 3.05) is 23.4 Å².